The lowest BCUT2D eigenvalue weighted by atomic mass is 10.1. The lowest BCUT2D eigenvalue weighted by molar-refractivity contribution is -0.116. The van der Waals surface area contributed by atoms with Gasteiger partial charge in [0.25, 0.3) is 5.91 Å². The van der Waals surface area contributed by atoms with Gasteiger partial charge >= 0.3 is 0 Å². The van der Waals surface area contributed by atoms with Crippen LogP contribution in [-0.4, -0.2) is 36.6 Å². The van der Waals surface area contributed by atoms with Crippen LogP contribution in [0.5, 0.6) is 0 Å². The molecule has 0 heterocycles. The summed E-state index contributed by atoms with van der Waals surface area (Å²) in [4.78, 5) is 27.5. The van der Waals surface area contributed by atoms with Crippen LogP contribution in [-0.2, 0) is 11.2 Å². The summed E-state index contributed by atoms with van der Waals surface area (Å²) in [6.07, 6.45) is 2.81. The topological polar surface area (TPSA) is 49.4 Å². The van der Waals surface area contributed by atoms with Crippen LogP contribution in [0.2, 0.25) is 0 Å². The standard InChI is InChI=1S/C20H24N2O2S/c1-5-15-8-6-7-9-18(15)21-19(23)13-22(3)20(24)17-12-16(25-4)11-10-14(17)2/h6-12H,5,13H2,1-4H3,(H,21,23). The van der Waals surface area contributed by atoms with Gasteiger partial charge < -0.3 is 10.2 Å². The van der Waals surface area contributed by atoms with E-state index in [1.54, 1.807) is 18.8 Å². The number of carbonyl (C=O) groups excluding carboxylic acids is 2. The number of thioether (sulfide) groups is 1. The van der Waals surface area contributed by atoms with Gasteiger partial charge in [0, 0.05) is 23.2 Å². The van der Waals surface area contributed by atoms with Crippen molar-refractivity contribution in [2.45, 2.75) is 25.2 Å². The van der Waals surface area contributed by atoms with Gasteiger partial charge in [-0.2, -0.15) is 0 Å². The fourth-order valence-corrected chi connectivity index (χ4v) is 3.03. The highest BCUT2D eigenvalue weighted by atomic mass is 32.2. The number of anilines is 1. The summed E-state index contributed by atoms with van der Waals surface area (Å²) < 4.78 is 0. The van der Waals surface area contributed by atoms with Crippen molar-refractivity contribution in [3.63, 3.8) is 0 Å². The van der Waals surface area contributed by atoms with Crippen LogP contribution in [0, 0.1) is 6.92 Å². The molecule has 4 nitrogen and oxygen atoms in total. The third-order valence-corrected chi connectivity index (χ3v) is 4.80. The number of carbonyl (C=O) groups is 2. The molecule has 132 valence electrons. The molecule has 2 amide bonds. The molecule has 25 heavy (non-hydrogen) atoms. The molecule has 0 aliphatic carbocycles. The quantitative estimate of drug-likeness (QED) is 0.796. The number of amides is 2. The molecule has 0 saturated carbocycles. The summed E-state index contributed by atoms with van der Waals surface area (Å²) in [6.45, 7) is 3.96. The smallest absolute Gasteiger partial charge is 0.254 e. The maximum Gasteiger partial charge on any atom is 0.254 e. The van der Waals surface area contributed by atoms with Crippen molar-refractivity contribution in [1.82, 2.24) is 4.90 Å². The molecular formula is C20H24N2O2S. The SMILES string of the molecule is CCc1ccccc1NC(=O)CN(C)C(=O)c1cc(SC)ccc1C. The summed E-state index contributed by atoms with van der Waals surface area (Å²) in [7, 11) is 1.65. The lowest BCUT2D eigenvalue weighted by Crippen LogP contribution is -2.35. The van der Waals surface area contributed by atoms with E-state index >= 15 is 0 Å². The highest BCUT2D eigenvalue weighted by Gasteiger charge is 2.17. The van der Waals surface area contributed by atoms with Crippen molar-refractivity contribution in [3.8, 4) is 0 Å². The minimum Gasteiger partial charge on any atom is -0.332 e. The molecule has 0 saturated heterocycles. The average molecular weight is 356 g/mol. The van der Waals surface area contributed by atoms with Crippen LogP contribution in [0.1, 0.15) is 28.4 Å². The first kappa shape index (κ1) is 19.1. The predicted octanol–water partition coefficient (Wildman–Crippen LogP) is 3.99. The van der Waals surface area contributed by atoms with Crippen LogP contribution in [0.3, 0.4) is 0 Å². The molecule has 0 aliphatic rings. The fraction of sp³-hybridized carbons (Fsp3) is 0.300. The second-order valence-corrected chi connectivity index (χ2v) is 6.78. The monoisotopic (exact) mass is 356 g/mol. The summed E-state index contributed by atoms with van der Waals surface area (Å²) >= 11 is 1.59. The van der Waals surface area contributed by atoms with Crippen molar-refractivity contribution >= 4 is 29.3 Å². The van der Waals surface area contributed by atoms with Crippen molar-refractivity contribution in [2.24, 2.45) is 0 Å². The highest BCUT2D eigenvalue weighted by molar-refractivity contribution is 7.98. The van der Waals surface area contributed by atoms with E-state index in [2.05, 4.69) is 5.32 Å². The predicted molar refractivity (Wildman–Crippen MR) is 104 cm³/mol. The van der Waals surface area contributed by atoms with Crippen LogP contribution < -0.4 is 5.32 Å². The average Bonchev–Trinajstić information content (AvgIpc) is 2.61. The van der Waals surface area contributed by atoms with Crippen LogP contribution in [0.4, 0.5) is 5.69 Å². The number of rotatable bonds is 6. The molecule has 0 unspecified atom stereocenters. The number of para-hydroxylation sites is 1. The van der Waals surface area contributed by atoms with E-state index in [-0.39, 0.29) is 18.4 Å². The Hall–Kier alpha value is -2.27. The third-order valence-electron chi connectivity index (χ3n) is 4.07. The van der Waals surface area contributed by atoms with Gasteiger partial charge in [0.1, 0.15) is 0 Å². The Morgan fingerprint density at radius 2 is 1.88 bits per heavy atom. The van der Waals surface area contributed by atoms with Gasteiger partial charge in [-0.25, -0.2) is 0 Å². The number of benzene rings is 2. The molecule has 0 fully saturated rings. The molecule has 2 aromatic rings. The van der Waals surface area contributed by atoms with Gasteiger partial charge in [-0.1, -0.05) is 31.2 Å². The fourth-order valence-electron chi connectivity index (χ4n) is 2.59. The third kappa shape index (κ3) is 4.86. The largest absolute Gasteiger partial charge is 0.332 e. The molecule has 0 atom stereocenters. The molecule has 0 spiro atoms. The maximum atomic E-state index is 12.7. The first-order valence-corrected chi connectivity index (χ1v) is 9.46. The van der Waals surface area contributed by atoms with Gasteiger partial charge in [-0.05, 0) is 48.9 Å². The lowest BCUT2D eigenvalue weighted by Gasteiger charge is -2.19. The van der Waals surface area contributed by atoms with E-state index in [1.807, 2.05) is 62.6 Å². The van der Waals surface area contributed by atoms with Gasteiger partial charge in [0.05, 0.1) is 6.54 Å². The Kier molecular flexibility index (Phi) is 6.65. The minimum absolute atomic E-state index is 0.0137. The normalized spacial score (nSPS) is 10.4. The van der Waals surface area contributed by atoms with E-state index in [1.165, 1.54) is 4.90 Å². The van der Waals surface area contributed by atoms with Crippen molar-refractivity contribution in [3.05, 3.63) is 59.2 Å². The summed E-state index contributed by atoms with van der Waals surface area (Å²) in [6, 6.07) is 13.5. The Balaban J connectivity index is 2.07. The first-order valence-electron chi connectivity index (χ1n) is 8.24. The number of hydrogen-bond acceptors (Lipinski definition) is 3. The van der Waals surface area contributed by atoms with E-state index in [4.69, 9.17) is 0 Å². The number of aryl methyl sites for hydroxylation is 2. The molecule has 0 bridgehead atoms. The summed E-state index contributed by atoms with van der Waals surface area (Å²) in [5.41, 5.74) is 3.42. The molecule has 2 rings (SSSR count). The zero-order valence-corrected chi connectivity index (χ0v) is 15.9. The van der Waals surface area contributed by atoms with Gasteiger partial charge in [-0.15, -0.1) is 11.8 Å². The molecular weight excluding hydrogens is 332 g/mol. The van der Waals surface area contributed by atoms with Gasteiger partial charge in [0.2, 0.25) is 5.91 Å². The van der Waals surface area contributed by atoms with Crippen molar-refractivity contribution < 1.29 is 9.59 Å². The highest BCUT2D eigenvalue weighted by Crippen LogP contribution is 2.20. The summed E-state index contributed by atoms with van der Waals surface area (Å²) in [5.74, 6) is -0.345. The van der Waals surface area contributed by atoms with E-state index < -0.39 is 0 Å². The number of likely N-dealkylation sites (N-methyl/N-ethyl adjacent to an activating group) is 1. The molecule has 5 heteroatoms. The number of nitrogens with zero attached hydrogens (tertiary/aromatic N) is 1. The summed E-state index contributed by atoms with van der Waals surface area (Å²) in [5, 5.41) is 2.90. The van der Waals surface area contributed by atoms with Crippen LogP contribution in [0.25, 0.3) is 0 Å². The number of nitrogens with one attached hydrogen (secondary N) is 1. The van der Waals surface area contributed by atoms with Crippen molar-refractivity contribution in [1.29, 1.82) is 0 Å². The van der Waals surface area contributed by atoms with Crippen LogP contribution >= 0.6 is 11.8 Å². The first-order chi connectivity index (χ1) is 12.0. The maximum absolute atomic E-state index is 12.7. The molecule has 1 N–H and O–H groups in total. The molecule has 2 aromatic carbocycles. The van der Waals surface area contributed by atoms with Gasteiger partial charge in [0.15, 0.2) is 0 Å². The molecule has 0 aromatic heterocycles. The Morgan fingerprint density at radius 3 is 2.56 bits per heavy atom. The number of hydrogen-bond donors (Lipinski definition) is 1. The van der Waals surface area contributed by atoms with Crippen LogP contribution in [0.15, 0.2) is 47.4 Å². The van der Waals surface area contributed by atoms with E-state index in [0.717, 1.165) is 28.1 Å². The van der Waals surface area contributed by atoms with E-state index in [9.17, 15) is 9.59 Å². The second kappa shape index (κ2) is 8.72. The zero-order chi connectivity index (χ0) is 18.4. The Labute approximate surface area is 153 Å². The van der Waals surface area contributed by atoms with Crippen molar-refractivity contribution in [2.75, 3.05) is 25.2 Å². The minimum atomic E-state index is -0.199. The Morgan fingerprint density at radius 1 is 1.16 bits per heavy atom. The van der Waals surface area contributed by atoms with E-state index in [0.29, 0.717) is 5.56 Å². The molecule has 0 radical (unpaired) electrons. The van der Waals surface area contributed by atoms with Gasteiger partial charge in [-0.3, -0.25) is 9.59 Å². The zero-order valence-electron chi connectivity index (χ0n) is 15.1. The molecule has 0 aliphatic heterocycles. The second-order valence-electron chi connectivity index (χ2n) is 5.90. The Bertz CT molecular complexity index is 774.